The number of carbonyl (C=O) groups is 2. The Bertz CT molecular complexity index is 314. The van der Waals surface area contributed by atoms with Gasteiger partial charge < -0.3 is 9.47 Å². The summed E-state index contributed by atoms with van der Waals surface area (Å²) in [6.45, 7) is 2.50. The lowest BCUT2D eigenvalue weighted by molar-refractivity contribution is -0.144. The molecule has 0 saturated heterocycles. The predicted molar refractivity (Wildman–Crippen MR) is 77.2 cm³/mol. The SMILES string of the molecule is CCCCCOC(=O)/C=C/C(=O)OC1CCCCCC1. The van der Waals surface area contributed by atoms with E-state index < -0.39 is 11.9 Å². The monoisotopic (exact) mass is 282 g/mol. The third-order valence-corrected chi connectivity index (χ3v) is 3.43. The Morgan fingerprint density at radius 3 is 2.30 bits per heavy atom. The Morgan fingerprint density at radius 2 is 1.65 bits per heavy atom. The van der Waals surface area contributed by atoms with E-state index in [9.17, 15) is 9.59 Å². The highest BCUT2D eigenvalue weighted by atomic mass is 16.5. The first kappa shape index (κ1) is 16.7. The number of carbonyl (C=O) groups excluding carboxylic acids is 2. The third kappa shape index (κ3) is 7.97. The minimum absolute atomic E-state index is 0.00947. The molecule has 0 amide bonds. The normalized spacial score (nSPS) is 16.9. The molecule has 0 radical (unpaired) electrons. The molecule has 4 heteroatoms. The molecule has 0 aromatic rings. The average Bonchev–Trinajstić information content (AvgIpc) is 2.70. The minimum atomic E-state index is -0.473. The first-order chi connectivity index (χ1) is 9.72. The van der Waals surface area contributed by atoms with Gasteiger partial charge in [0.2, 0.25) is 0 Å². The molecule has 0 heterocycles. The lowest BCUT2D eigenvalue weighted by atomic mass is 10.1. The van der Waals surface area contributed by atoms with Gasteiger partial charge in [-0.2, -0.15) is 0 Å². The van der Waals surface area contributed by atoms with Gasteiger partial charge in [0.05, 0.1) is 6.61 Å². The summed E-state index contributed by atoms with van der Waals surface area (Å²) in [6, 6.07) is 0. The van der Waals surface area contributed by atoms with Crippen LogP contribution in [0.4, 0.5) is 0 Å². The largest absolute Gasteiger partial charge is 0.463 e. The van der Waals surface area contributed by atoms with Gasteiger partial charge in [0.25, 0.3) is 0 Å². The molecule has 0 atom stereocenters. The molecule has 20 heavy (non-hydrogen) atoms. The van der Waals surface area contributed by atoms with E-state index in [1.807, 2.05) is 0 Å². The average molecular weight is 282 g/mol. The molecule has 1 saturated carbocycles. The Morgan fingerprint density at radius 1 is 1.00 bits per heavy atom. The smallest absolute Gasteiger partial charge is 0.331 e. The van der Waals surface area contributed by atoms with Gasteiger partial charge in [-0.25, -0.2) is 9.59 Å². The van der Waals surface area contributed by atoms with Crippen molar-refractivity contribution < 1.29 is 19.1 Å². The first-order valence-corrected chi connectivity index (χ1v) is 7.78. The molecule has 114 valence electrons. The van der Waals surface area contributed by atoms with Gasteiger partial charge in [-0.3, -0.25) is 0 Å². The van der Waals surface area contributed by atoms with E-state index in [1.54, 1.807) is 0 Å². The van der Waals surface area contributed by atoms with Gasteiger partial charge in [0.15, 0.2) is 0 Å². The lowest BCUT2D eigenvalue weighted by Crippen LogP contribution is -2.16. The molecule has 4 nitrogen and oxygen atoms in total. The highest BCUT2D eigenvalue weighted by Gasteiger charge is 2.15. The van der Waals surface area contributed by atoms with Gasteiger partial charge in [0, 0.05) is 12.2 Å². The number of rotatable bonds is 7. The standard InChI is InChI=1S/C16H26O4/c1-2-3-8-13-19-15(17)11-12-16(18)20-14-9-6-4-5-7-10-14/h11-12,14H,2-10,13H2,1H3/b12-11+. The summed E-state index contributed by atoms with van der Waals surface area (Å²) in [5.74, 6) is -0.915. The summed E-state index contributed by atoms with van der Waals surface area (Å²) >= 11 is 0. The van der Waals surface area contributed by atoms with Crippen LogP contribution < -0.4 is 0 Å². The van der Waals surface area contributed by atoms with Crippen molar-refractivity contribution >= 4 is 11.9 Å². The van der Waals surface area contributed by atoms with Gasteiger partial charge in [-0.05, 0) is 32.1 Å². The Kier molecular flexibility index (Phi) is 8.76. The van der Waals surface area contributed by atoms with Gasteiger partial charge >= 0.3 is 11.9 Å². The first-order valence-electron chi connectivity index (χ1n) is 7.78. The number of hydrogen-bond acceptors (Lipinski definition) is 4. The van der Waals surface area contributed by atoms with Gasteiger partial charge in [-0.15, -0.1) is 0 Å². The Balaban J connectivity index is 2.19. The van der Waals surface area contributed by atoms with E-state index in [2.05, 4.69) is 6.92 Å². The number of unbranched alkanes of at least 4 members (excludes halogenated alkanes) is 2. The van der Waals surface area contributed by atoms with Gasteiger partial charge in [0.1, 0.15) is 6.10 Å². The van der Waals surface area contributed by atoms with Crippen LogP contribution in [-0.2, 0) is 19.1 Å². The zero-order valence-electron chi connectivity index (χ0n) is 12.4. The molecule has 0 aliphatic heterocycles. The molecule has 0 aromatic carbocycles. The molecule has 0 unspecified atom stereocenters. The summed E-state index contributed by atoms with van der Waals surface area (Å²) in [5, 5.41) is 0. The van der Waals surface area contributed by atoms with E-state index in [1.165, 1.54) is 18.9 Å². The maximum atomic E-state index is 11.6. The van der Waals surface area contributed by atoms with Crippen LogP contribution in [0.3, 0.4) is 0 Å². The van der Waals surface area contributed by atoms with Crippen LogP contribution >= 0.6 is 0 Å². The fourth-order valence-corrected chi connectivity index (χ4v) is 2.27. The van der Waals surface area contributed by atoms with Crippen molar-refractivity contribution in [2.24, 2.45) is 0 Å². The number of esters is 2. The fourth-order valence-electron chi connectivity index (χ4n) is 2.27. The highest BCUT2D eigenvalue weighted by molar-refractivity contribution is 5.91. The topological polar surface area (TPSA) is 52.6 Å². The maximum Gasteiger partial charge on any atom is 0.331 e. The zero-order valence-corrected chi connectivity index (χ0v) is 12.4. The molecular weight excluding hydrogens is 256 g/mol. The molecule has 0 spiro atoms. The quantitative estimate of drug-likeness (QED) is 0.310. The van der Waals surface area contributed by atoms with Crippen molar-refractivity contribution in [2.75, 3.05) is 6.61 Å². The van der Waals surface area contributed by atoms with Crippen molar-refractivity contribution in [2.45, 2.75) is 70.8 Å². The van der Waals surface area contributed by atoms with E-state index >= 15 is 0 Å². The second-order valence-electron chi connectivity index (χ2n) is 5.26. The van der Waals surface area contributed by atoms with Crippen LogP contribution in [0, 0.1) is 0 Å². The van der Waals surface area contributed by atoms with Crippen LogP contribution in [0.15, 0.2) is 12.2 Å². The van der Waals surface area contributed by atoms with Crippen molar-refractivity contribution in [3.8, 4) is 0 Å². The van der Waals surface area contributed by atoms with Crippen molar-refractivity contribution in [3.05, 3.63) is 12.2 Å². The summed E-state index contributed by atoms with van der Waals surface area (Å²) < 4.78 is 10.3. The summed E-state index contributed by atoms with van der Waals surface area (Å²) in [6.07, 6.45) is 11.9. The highest BCUT2D eigenvalue weighted by Crippen LogP contribution is 2.19. The molecule has 1 fully saturated rings. The lowest BCUT2D eigenvalue weighted by Gasteiger charge is -2.13. The number of ether oxygens (including phenoxy) is 2. The molecule has 1 rings (SSSR count). The summed E-state index contributed by atoms with van der Waals surface area (Å²) in [4.78, 5) is 22.9. The molecule has 0 bridgehead atoms. The van der Waals surface area contributed by atoms with Crippen molar-refractivity contribution in [1.29, 1.82) is 0 Å². The number of hydrogen-bond donors (Lipinski definition) is 0. The molecular formula is C16H26O4. The van der Waals surface area contributed by atoms with Crippen LogP contribution in [0.5, 0.6) is 0 Å². The predicted octanol–water partition coefficient (Wildman–Crippen LogP) is 3.54. The second-order valence-corrected chi connectivity index (χ2v) is 5.26. The zero-order chi connectivity index (χ0) is 14.6. The third-order valence-electron chi connectivity index (χ3n) is 3.43. The molecule has 0 aromatic heterocycles. The summed E-state index contributed by atoms with van der Waals surface area (Å²) in [5.41, 5.74) is 0. The fraction of sp³-hybridized carbons (Fsp3) is 0.750. The Hall–Kier alpha value is -1.32. The van der Waals surface area contributed by atoms with Crippen molar-refractivity contribution in [3.63, 3.8) is 0 Å². The van der Waals surface area contributed by atoms with E-state index in [4.69, 9.17) is 9.47 Å². The van der Waals surface area contributed by atoms with E-state index in [0.29, 0.717) is 6.61 Å². The van der Waals surface area contributed by atoms with Crippen LogP contribution in [-0.4, -0.2) is 24.6 Å². The van der Waals surface area contributed by atoms with Crippen molar-refractivity contribution in [1.82, 2.24) is 0 Å². The minimum Gasteiger partial charge on any atom is -0.463 e. The molecule has 1 aliphatic carbocycles. The maximum absolute atomic E-state index is 11.6. The Labute approximate surface area is 121 Å². The van der Waals surface area contributed by atoms with E-state index in [0.717, 1.165) is 51.0 Å². The van der Waals surface area contributed by atoms with Crippen LogP contribution in [0.2, 0.25) is 0 Å². The van der Waals surface area contributed by atoms with E-state index in [-0.39, 0.29) is 6.10 Å². The van der Waals surface area contributed by atoms with Crippen LogP contribution in [0.1, 0.15) is 64.7 Å². The second kappa shape index (κ2) is 10.5. The van der Waals surface area contributed by atoms with Gasteiger partial charge in [-0.1, -0.05) is 32.6 Å². The van der Waals surface area contributed by atoms with Crippen LogP contribution in [0.25, 0.3) is 0 Å². The molecule has 1 aliphatic rings. The summed E-state index contributed by atoms with van der Waals surface area (Å²) in [7, 11) is 0. The molecule has 0 N–H and O–H groups in total.